The Morgan fingerprint density at radius 3 is 2.64 bits per heavy atom. The number of nitrogens with zero attached hydrogens (tertiary/aromatic N) is 1. The van der Waals surface area contributed by atoms with Gasteiger partial charge in [0.15, 0.2) is 0 Å². The summed E-state index contributed by atoms with van der Waals surface area (Å²) in [5.41, 5.74) is 4.87. The smallest absolute Gasteiger partial charge is 0.263 e. The summed E-state index contributed by atoms with van der Waals surface area (Å²) in [7, 11) is -1.63. The number of rotatable bonds is 6. The van der Waals surface area contributed by atoms with Gasteiger partial charge in [-0.05, 0) is 96.9 Å². The molecule has 0 spiro atoms. The molecule has 6 nitrogen and oxygen atoms in total. The maximum atomic E-state index is 13.9. The molecule has 2 aliphatic heterocycles. The number of aldehydes is 1. The number of halogens is 1. The second-order valence-corrected chi connectivity index (χ2v) is 15.3. The fraction of sp³-hybridized carbons (Fsp3) is 0.436. The van der Waals surface area contributed by atoms with Crippen molar-refractivity contribution < 1.29 is 18.5 Å². The maximum absolute atomic E-state index is 13.9. The Morgan fingerprint density at radius 2 is 1.89 bits per heavy atom. The summed E-state index contributed by atoms with van der Waals surface area (Å²) < 4.78 is 23.2. The number of nitrogens with one attached hydrogen (secondary N) is 1. The summed E-state index contributed by atoms with van der Waals surface area (Å²) in [6.45, 7) is 6.23. The molecule has 3 aromatic rings. The minimum atomic E-state index is -1.63. The van der Waals surface area contributed by atoms with E-state index in [0.29, 0.717) is 37.5 Å². The average Bonchev–Trinajstić information content (AvgIpc) is 3.24. The molecule has 7 unspecified atom stereocenters. The third-order valence-corrected chi connectivity index (χ3v) is 12.1. The van der Waals surface area contributed by atoms with Crippen LogP contribution in [0.15, 0.2) is 78.9 Å². The number of hydrogen-bond acceptors (Lipinski definition) is 5. The molecule has 0 radical (unpaired) electrons. The van der Waals surface area contributed by atoms with Gasteiger partial charge < -0.3 is 14.4 Å². The van der Waals surface area contributed by atoms with E-state index in [9.17, 15) is 13.8 Å². The first-order valence-electron chi connectivity index (χ1n) is 17.0. The number of carbonyl (C=O) groups excluding carboxylic acids is 2. The molecule has 8 heteroatoms. The highest BCUT2D eigenvalue weighted by atomic mass is 35.5. The van der Waals surface area contributed by atoms with E-state index in [-0.39, 0.29) is 34.8 Å². The van der Waals surface area contributed by atoms with Crippen molar-refractivity contribution >= 4 is 40.5 Å². The van der Waals surface area contributed by atoms with Crippen LogP contribution in [-0.4, -0.2) is 41.3 Å². The number of carbonyl (C=O) groups is 2. The zero-order valence-corrected chi connectivity index (χ0v) is 28.8. The molecule has 2 heterocycles. The Hall–Kier alpha value is -3.42. The number of allylic oxidation sites excluding steroid dienone is 2. The summed E-state index contributed by atoms with van der Waals surface area (Å²) in [6, 6.07) is 21.7. The molecule has 3 aromatic carbocycles. The molecule has 7 atom stereocenters. The third kappa shape index (κ3) is 7.68. The van der Waals surface area contributed by atoms with E-state index in [1.54, 1.807) is 6.07 Å². The van der Waals surface area contributed by atoms with Gasteiger partial charge in [-0.3, -0.25) is 9.52 Å². The Kier molecular flexibility index (Phi) is 10.8. The van der Waals surface area contributed by atoms with Crippen LogP contribution in [0.25, 0.3) is 0 Å². The Labute approximate surface area is 286 Å². The van der Waals surface area contributed by atoms with E-state index in [4.69, 9.17) is 16.3 Å². The van der Waals surface area contributed by atoms with Gasteiger partial charge in [0.1, 0.15) is 23.0 Å². The maximum Gasteiger partial charge on any atom is 0.263 e. The normalized spacial score (nSPS) is 28.5. The molecule has 1 amide bonds. The molecule has 3 aliphatic rings. The molecule has 2 bridgehead atoms. The Bertz CT molecular complexity index is 1630. The lowest BCUT2D eigenvalue weighted by molar-refractivity contribution is -0.112. The van der Waals surface area contributed by atoms with Crippen molar-refractivity contribution in [1.29, 1.82) is 0 Å². The lowest BCUT2D eigenvalue weighted by atomic mass is 9.67. The minimum absolute atomic E-state index is 0.0170. The van der Waals surface area contributed by atoms with Gasteiger partial charge in [0.25, 0.3) is 5.91 Å². The quantitative estimate of drug-likeness (QED) is 0.214. The van der Waals surface area contributed by atoms with Gasteiger partial charge in [0, 0.05) is 35.5 Å². The highest BCUT2D eigenvalue weighted by Gasteiger charge is 2.39. The topological polar surface area (TPSA) is 75.7 Å². The molecular weight excluding hydrogens is 628 g/mol. The summed E-state index contributed by atoms with van der Waals surface area (Å²) in [6.07, 6.45) is 10.5. The van der Waals surface area contributed by atoms with E-state index in [2.05, 4.69) is 47.8 Å². The molecule has 0 saturated heterocycles. The molecule has 1 aliphatic carbocycles. The van der Waals surface area contributed by atoms with Crippen molar-refractivity contribution in [2.45, 2.75) is 63.5 Å². The van der Waals surface area contributed by atoms with Gasteiger partial charge >= 0.3 is 0 Å². The number of amides is 1. The van der Waals surface area contributed by atoms with Crippen LogP contribution in [0.5, 0.6) is 5.75 Å². The fourth-order valence-electron chi connectivity index (χ4n) is 7.52. The van der Waals surface area contributed by atoms with Crippen molar-refractivity contribution in [1.82, 2.24) is 4.72 Å². The molecule has 1 N–H and O–H groups in total. The highest BCUT2D eigenvalue weighted by Crippen LogP contribution is 2.44. The fourth-order valence-corrected chi connectivity index (χ4v) is 9.04. The van der Waals surface area contributed by atoms with Crippen molar-refractivity contribution in [2.75, 3.05) is 24.6 Å². The van der Waals surface area contributed by atoms with Crippen LogP contribution < -0.4 is 14.4 Å². The number of fused-ring (bicyclic) bond motifs is 2. The van der Waals surface area contributed by atoms with Crippen LogP contribution in [0.1, 0.15) is 72.5 Å². The number of benzene rings is 3. The van der Waals surface area contributed by atoms with Crippen LogP contribution in [-0.2, 0) is 28.6 Å². The predicted molar refractivity (Wildman–Crippen MR) is 191 cm³/mol. The lowest BCUT2D eigenvalue weighted by Gasteiger charge is -2.43. The number of aryl methyl sites for hydroxylation is 1. The first-order chi connectivity index (χ1) is 22.8. The zero-order chi connectivity index (χ0) is 32.9. The van der Waals surface area contributed by atoms with Crippen molar-refractivity contribution in [2.24, 2.45) is 23.7 Å². The van der Waals surface area contributed by atoms with Crippen LogP contribution in [0, 0.1) is 23.7 Å². The molecule has 6 rings (SSSR count). The monoisotopic (exact) mass is 672 g/mol. The summed E-state index contributed by atoms with van der Waals surface area (Å²) >= 11 is 6.43. The molecule has 248 valence electrons. The Balaban J connectivity index is 1.36. The Morgan fingerprint density at radius 1 is 1.06 bits per heavy atom. The molecule has 1 saturated carbocycles. The molecule has 0 aromatic heterocycles. The zero-order valence-electron chi connectivity index (χ0n) is 27.3. The van der Waals surface area contributed by atoms with Gasteiger partial charge in [-0.15, -0.1) is 0 Å². The van der Waals surface area contributed by atoms with Gasteiger partial charge in [-0.2, -0.15) is 0 Å². The first-order valence-corrected chi connectivity index (χ1v) is 18.6. The largest absolute Gasteiger partial charge is 0.491 e. The van der Waals surface area contributed by atoms with E-state index >= 15 is 0 Å². The van der Waals surface area contributed by atoms with Crippen molar-refractivity contribution in [3.8, 4) is 5.75 Å². The van der Waals surface area contributed by atoms with E-state index in [1.165, 1.54) is 11.1 Å². The molecule has 47 heavy (non-hydrogen) atoms. The average molecular weight is 673 g/mol. The van der Waals surface area contributed by atoms with Crippen LogP contribution in [0.2, 0.25) is 5.02 Å². The van der Waals surface area contributed by atoms with Gasteiger partial charge in [-0.1, -0.05) is 80.4 Å². The lowest BCUT2D eigenvalue weighted by Crippen LogP contribution is -2.43. The number of hydrogen-bond donors (Lipinski definition) is 1. The summed E-state index contributed by atoms with van der Waals surface area (Å²) in [4.78, 5) is 28.5. The summed E-state index contributed by atoms with van der Waals surface area (Å²) in [5.74, 6) is 0.915. The predicted octanol–water partition coefficient (Wildman–Crippen LogP) is 7.72. The first kappa shape index (κ1) is 33.5. The second-order valence-electron chi connectivity index (χ2n) is 13.5. The van der Waals surface area contributed by atoms with E-state index in [0.717, 1.165) is 60.5 Å². The highest BCUT2D eigenvalue weighted by molar-refractivity contribution is 7.84. The van der Waals surface area contributed by atoms with Crippen molar-refractivity contribution in [3.63, 3.8) is 0 Å². The van der Waals surface area contributed by atoms with Gasteiger partial charge in [-0.25, -0.2) is 4.21 Å². The SMILES string of the molecule is CCCc1cc(Cl)ccc1C1COc2ccc3cc2N(C1)CC1CCC1C(C=O)/C=C/CC(C)C(Cc1ccccc1)S(=O)NC3=O. The van der Waals surface area contributed by atoms with Gasteiger partial charge in [0.05, 0.1) is 17.5 Å². The third-order valence-electron chi connectivity index (χ3n) is 10.3. The number of anilines is 1. The van der Waals surface area contributed by atoms with Crippen molar-refractivity contribution in [3.05, 3.63) is 106 Å². The second kappa shape index (κ2) is 15.2. The molecular formula is C39H45ClN2O4S. The van der Waals surface area contributed by atoms with Gasteiger partial charge in [0.2, 0.25) is 0 Å². The summed E-state index contributed by atoms with van der Waals surface area (Å²) in [5, 5.41) is 0.432. The number of ether oxygens (including phenoxy) is 1. The molecule has 1 fully saturated rings. The standard InChI is InChI=1S/C39H45ClN2O4S/c1-3-8-28-20-33(40)15-17-34(28)32-23-42-22-30-13-16-35(30)31(24-43)12-7-9-26(2)38(19-27-10-5-4-6-11-27)47(45)41-39(44)29-14-18-37(46-25-32)36(42)21-29/h4-7,10-12,14-15,17-18,20-21,24,26,30-32,35,38H,3,8-9,13,16,19,22-23,25H2,1-2H3,(H,41,44)/b12-7+. The van der Waals surface area contributed by atoms with Crippen LogP contribution in [0.3, 0.4) is 0 Å². The van der Waals surface area contributed by atoms with E-state index in [1.807, 2.05) is 48.5 Å². The van der Waals surface area contributed by atoms with Crippen LogP contribution >= 0.6 is 11.6 Å². The minimum Gasteiger partial charge on any atom is -0.491 e. The van der Waals surface area contributed by atoms with E-state index < -0.39 is 11.0 Å². The van der Waals surface area contributed by atoms with Crippen LogP contribution in [0.4, 0.5) is 5.69 Å².